The summed E-state index contributed by atoms with van der Waals surface area (Å²) in [7, 11) is 0.972. The molecule has 24 heavy (non-hydrogen) atoms. The van der Waals surface area contributed by atoms with E-state index in [1.807, 2.05) is 0 Å². The zero-order valence-electron chi connectivity index (χ0n) is 12.5. The molecule has 144 valence electrons. The second kappa shape index (κ2) is 11.3. The largest absolute Gasteiger partial charge is 0.467 e. The van der Waals surface area contributed by atoms with Gasteiger partial charge in [-0.1, -0.05) is 11.6 Å². The minimum Gasteiger partial charge on any atom is -0.467 e. The number of ether oxygens (including phenoxy) is 1. The van der Waals surface area contributed by atoms with Crippen molar-refractivity contribution in [3.8, 4) is 0 Å². The molecule has 0 aromatic rings. The Balaban J connectivity index is 0. The summed E-state index contributed by atoms with van der Waals surface area (Å²) in [6.45, 7) is 0. The molecule has 0 aliphatic heterocycles. The highest BCUT2D eigenvalue weighted by atomic mass is 35.5. The van der Waals surface area contributed by atoms with Crippen LogP contribution in [0.3, 0.4) is 0 Å². The van der Waals surface area contributed by atoms with Crippen molar-refractivity contribution in [2.24, 2.45) is 0 Å². The molecule has 0 rings (SSSR count). The molecule has 13 heteroatoms. The zero-order chi connectivity index (χ0) is 19.6. The maximum Gasteiger partial charge on any atom is 0.400 e. The highest BCUT2D eigenvalue weighted by Gasteiger charge is 2.44. The van der Waals surface area contributed by atoms with Gasteiger partial charge in [0.15, 0.2) is 4.21 Å². The van der Waals surface area contributed by atoms with E-state index in [0.717, 1.165) is 7.11 Å². The molecule has 0 aliphatic carbocycles. The average Bonchev–Trinajstić information content (AvgIpc) is 2.46. The van der Waals surface area contributed by atoms with Crippen molar-refractivity contribution in [3.05, 3.63) is 9.93 Å². The molecule has 0 saturated carbocycles. The summed E-state index contributed by atoms with van der Waals surface area (Å²) >= 11 is 6.90. The molecule has 2 atom stereocenters. The lowest BCUT2D eigenvalue weighted by Crippen LogP contribution is -2.34. The van der Waals surface area contributed by atoms with Crippen molar-refractivity contribution < 1.29 is 35.9 Å². The number of hydrogen-bond acceptors (Lipinski definition) is 6. The van der Waals surface area contributed by atoms with E-state index in [1.54, 1.807) is 0 Å². The quantitative estimate of drug-likeness (QED) is 0.313. The van der Waals surface area contributed by atoms with Gasteiger partial charge in [0, 0.05) is 15.7 Å². The van der Waals surface area contributed by atoms with Crippen LogP contribution >= 0.6 is 35.1 Å². The first-order chi connectivity index (χ1) is 10.9. The molecule has 0 aromatic carbocycles. The Kier molecular flexibility index (Phi) is 12.2. The lowest BCUT2D eigenvalue weighted by molar-refractivity contribution is -0.143. The second-order valence-electron chi connectivity index (χ2n) is 4.24. The number of halogens is 7. The molecule has 0 bridgehead atoms. The van der Waals surface area contributed by atoms with Crippen LogP contribution in [0.1, 0.15) is 19.3 Å². The minimum atomic E-state index is -4.48. The van der Waals surface area contributed by atoms with Gasteiger partial charge in [-0.25, -0.2) is 4.79 Å². The van der Waals surface area contributed by atoms with Crippen LogP contribution in [-0.2, 0) is 9.53 Å². The molecule has 2 unspecified atom stereocenters. The molecule has 0 aliphatic rings. The molecule has 0 aromatic heterocycles. The van der Waals surface area contributed by atoms with E-state index in [-0.39, 0.29) is 0 Å². The maximum absolute atomic E-state index is 12.7. The van der Waals surface area contributed by atoms with Crippen LogP contribution in [0.2, 0.25) is 0 Å². The SMILES string of the molecule is COC(=O)C(Cl)(CCC(SC)C(F)(F)F)SCCC(F)(F)F.O=O. The summed E-state index contributed by atoms with van der Waals surface area (Å²) in [6.07, 6.45) is -9.81. The minimum absolute atomic E-state index is 0.441. The Morgan fingerprint density at radius 1 is 1.12 bits per heavy atom. The molecule has 0 saturated heterocycles. The van der Waals surface area contributed by atoms with Crippen LogP contribution in [0.5, 0.6) is 0 Å². The van der Waals surface area contributed by atoms with Crippen LogP contribution in [0.4, 0.5) is 26.3 Å². The molecule has 0 amide bonds. The van der Waals surface area contributed by atoms with Crippen LogP contribution in [0, 0.1) is 9.93 Å². The Morgan fingerprint density at radius 2 is 1.62 bits per heavy atom. The number of carbonyl (C=O) groups is 1. The lowest BCUT2D eigenvalue weighted by atomic mass is 10.1. The summed E-state index contributed by atoms with van der Waals surface area (Å²) < 4.78 is 76.7. The van der Waals surface area contributed by atoms with Gasteiger partial charge in [-0.15, -0.1) is 11.8 Å². The summed E-state index contributed by atoms with van der Waals surface area (Å²) in [4.78, 5) is 25.6. The fourth-order valence-electron chi connectivity index (χ4n) is 1.45. The highest BCUT2D eigenvalue weighted by Crippen LogP contribution is 2.41. The fourth-order valence-corrected chi connectivity index (χ4v) is 3.60. The Morgan fingerprint density at radius 3 is 1.96 bits per heavy atom. The molecule has 0 radical (unpaired) electrons. The molecule has 0 fully saturated rings. The van der Waals surface area contributed by atoms with Gasteiger partial charge in [0.25, 0.3) is 0 Å². The smallest absolute Gasteiger partial charge is 0.400 e. The predicted octanol–water partition coefficient (Wildman–Crippen LogP) is 4.92. The zero-order valence-corrected chi connectivity index (χ0v) is 14.9. The van der Waals surface area contributed by atoms with E-state index in [0.29, 0.717) is 23.5 Å². The topological polar surface area (TPSA) is 60.4 Å². The third-order valence-corrected chi connectivity index (χ3v) is 5.56. The summed E-state index contributed by atoms with van der Waals surface area (Å²) in [5.74, 6) is -1.60. The van der Waals surface area contributed by atoms with Crippen molar-refractivity contribution in [3.63, 3.8) is 0 Å². The third-order valence-electron chi connectivity index (χ3n) is 2.58. The summed E-state index contributed by atoms with van der Waals surface area (Å²) in [5, 5.41) is -1.75. The first-order valence-electron chi connectivity index (χ1n) is 6.10. The monoisotopic (exact) mass is 424 g/mol. The normalized spacial score (nSPS) is 15.7. The van der Waals surface area contributed by atoms with E-state index in [1.165, 1.54) is 6.26 Å². The molecular weight excluding hydrogens is 410 g/mol. The Labute approximate surface area is 147 Å². The summed E-state index contributed by atoms with van der Waals surface area (Å²) in [6, 6.07) is 0. The van der Waals surface area contributed by atoms with Crippen molar-refractivity contribution in [1.82, 2.24) is 0 Å². The maximum atomic E-state index is 12.7. The molecule has 4 nitrogen and oxygen atoms in total. The first kappa shape index (κ1) is 25.9. The van der Waals surface area contributed by atoms with Gasteiger partial charge in [0.05, 0.1) is 13.5 Å². The van der Waals surface area contributed by atoms with Crippen molar-refractivity contribution in [2.45, 2.75) is 41.1 Å². The van der Waals surface area contributed by atoms with Crippen molar-refractivity contribution in [2.75, 3.05) is 19.1 Å². The number of esters is 1. The molecule has 0 N–H and O–H groups in total. The second-order valence-corrected chi connectivity index (χ2v) is 7.54. The van der Waals surface area contributed by atoms with Crippen molar-refractivity contribution in [1.29, 1.82) is 0 Å². The predicted molar refractivity (Wildman–Crippen MR) is 83.1 cm³/mol. The van der Waals surface area contributed by atoms with Gasteiger partial charge in [0.2, 0.25) is 0 Å². The molecule has 0 spiro atoms. The van der Waals surface area contributed by atoms with Gasteiger partial charge < -0.3 is 4.74 Å². The molecule has 0 heterocycles. The highest BCUT2D eigenvalue weighted by molar-refractivity contribution is 8.02. The van der Waals surface area contributed by atoms with Gasteiger partial charge in [-0.3, -0.25) is 0 Å². The number of rotatable bonds is 8. The van der Waals surface area contributed by atoms with Gasteiger partial charge in [-0.05, 0) is 19.1 Å². The number of thioether (sulfide) groups is 2. The van der Waals surface area contributed by atoms with Gasteiger partial charge in [-0.2, -0.15) is 38.1 Å². The fraction of sp³-hybridized carbons (Fsp3) is 0.909. The van der Waals surface area contributed by atoms with Crippen LogP contribution in [0.15, 0.2) is 0 Å². The van der Waals surface area contributed by atoms with Crippen molar-refractivity contribution >= 4 is 41.1 Å². The van der Waals surface area contributed by atoms with E-state index in [9.17, 15) is 31.1 Å². The standard InChI is InChI=1S/C11H15ClF6O2S2.O2/c1-20-8(19)9(12,22-6-5-10(13,14)15)4-3-7(21-2)11(16,17)18;1-2/h7H,3-6H2,1-2H3;. The third kappa shape index (κ3) is 10.5. The van der Waals surface area contributed by atoms with Crippen LogP contribution in [-0.4, -0.2) is 46.9 Å². The first-order valence-corrected chi connectivity index (χ1v) is 8.75. The van der Waals surface area contributed by atoms with Gasteiger partial charge >= 0.3 is 18.3 Å². The Bertz CT molecular complexity index is 383. The number of methoxy groups -OCH3 is 1. The lowest BCUT2D eigenvalue weighted by Gasteiger charge is -2.26. The average molecular weight is 425 g/mol. The van der Waals surface area contributed by atoms with E-state index >= 15 is 0 Å². The number of carbonyl (C=O) groups excluding carboxylic acids is 1. The van der Waals surface area contributed by atoms with Gasteiger partial charge in [0.1, 0.15) is 5.25 Å². The Hall–Kier alpha value is -0.360. The molecular formula is C11H15ClF6O4S2. The van der Waals surface area contributed by atoms with E-state index < -0.39 is 52.8 Å². The van der Waals surface area contributed by atoms with E-state index in [2.05, 4.69) is 4.74 Å². The van der Waals surface area contributed by atoms with Crippen LogP contribution < -0.4 is 0 Å². The van der Waals surface area contributed by atoms with E-state index in [4.69, 9.17) is 21.5 Å². The number of alkyl halides is 7. The van der Waals surface area contributed by atoms with Crippen LogP contribution in [0.25, 0.3) is 0 Å². The summed E-state index contributed by atoms with van der Waals surface area (Å²) in [5.41, 5.74) is 0. The number of hydrogen-bond donors (Lipinski definition) is 0.